The smallest absolute Gasteiger partial charge is 0.130 e. The van der Waals surface area contributed by atoms with Crippen LogP contribution < -0.4 is 5.32 Å². The van der Waals surface area contributed by atoms with E-state index in [-0.39, 0.29) is 0 Å². The van der Waals surface area contributed by atoms with Crippen molar-refractivity contribution in [1.82, 2.24) is 14.7 Å². The standard InChI is InChI=1S/C6H9N3S/c1-2-5(7-3-1)6-8-4-9-10-6/h4-5,7H,1-3H2. The molecule has 0 saturated carbocycles. The summed E-state index contributed by atoms with van der Waals surface area (Å²) in [4.78, 5) is 4.14. The summed E-state index contributed by atoms with van der Waals surface area (Å²) in [6.07, 6.45) is 4.11. The Labute approximate surface area is 63.7 Å². The average molecular weight is 155 g/mol. The van der Waals surface area contributed by atoms with Crippen LogP contribution in [0, 0.1) is 0 Å². The molecule has 54 valence electrons. The Hall–Kier alpha value is -0.480. The molecule has 1 N–H and O–H groups in total. The minimum Gasteiger partial charge on any atom is -0.308 e. The second-order valence-corrected chi connectivity index (χ2v) is 3.24. The Kier molecular flexibility index (Phi) is 1.65. The molecule has 3 nitrogen and oxygen atoms in total. The first-order valence-corrected chi connectivity index (χ1v) is 4.24. The molecule has 4 heteroatoms. The maximum Gasteiger partial charge on any atom is 0.130 e. The lowest BCUT2D eigenvalue weighted by Gasteiger charge is -2.02. The van der Waals surface area contributed by atoms with Crippen molar-refractivity contribution in [1.29, 1.82) is 0 Å². The minimum atomic E-state index is 0.493. The van der Waals surface area contributed by atoms with Crippen LogP contribution in [0.3, 0.4) is 0 Å². The molecular weight excluding hydrogens is 146 g/mol. The van der Waals surface area contributed by atoms with Crippen molar-refractivity contribution in [2.45, 2.75) is 18.9 Å². The number of hydrogen-bond acceptors (Lipinski definition) is 4. The molecule has 10 heavy (non-hydrogen) atoms. The van der Waals surface area contributed by atoms with Gasteiger partial charge in [-0.3, -0.25) is 0 Å². The van der Waals surface area contributed by atoms with Crippen molar-refractivity contribution in [2.75, 3.05) is 6.54 Å². The first-order valence-electron chi connectivity index (χ1n) is 3.47. The molecule has 1 fully saturated rings. The second-order valence-electron chi connectivity index (χ2n) is 2.43. The number of nitrogens with zero attached hydrogens (tertiary/aromatic N) is 2. The van der Waals surface area contributed by atoms with Crippen LogP contribution in [-0.2, 0) is 0 Å². The van der Waals surface area contributed by atoms with Crippen LogP contribution in [0.1, 0.15) is 23.9 Å². The van der Waals surface area contributed by atoms with Crippen LogP contribution in [0.4, 0.5) is 0 Å². The van der Waals surface area contributed by atoms with E-state index >= 15 is 0 Å². The third kappa shape index (κ3) is 1.04. The van der Waals surface area contributed by atoms with Gasteiger partial charge in [-0.2, -0.15) is 4.37 Å². The van der Waals surface area contributed by atoms with Gasteiger partial charge in [0.1, 0.15) is 11.3 Å². The molecule has 2 heterocycles. The zero-order valence-electron chi connectivity index (χ0n) is 5.58. The fourth-order valence-electron chi connectivity index (χ4n) is 1.23. The van der Waals surface area contributed by atoms with Crippen LogP contribution in [0.15, 0.2) is 6.33 Å². The van der Waals surface area contributed by atoms with Gasteiger partial charge in [-0.25, -0.2) is 4.98 Å². The first kappa shape index (κ1) is 6.24. The molecule has 1 aliphatic heterocycles. The van der Waals surface area contributed by atoms with E-state index in [9.17, 15) is 0 Å². The maximum absolute atomic E-state index is 4.14. The van der Waals surface area contributed by atoms with E-state index in [1.165, 1.54) is 24.4 Å². The highest BCUT2D eigenvalue weighted by atomic mass is 32.1. The lowest BCUT2D eigenvalue weighted by Crippen LogP contribution is -2.12. The van der Waals surface area contributed by atoms with Crippen LogP contribution in [0.5, 0.6) is 0 Å². The van der Waals surface area contributed by atoms with Crippen molar-refractivity contribution >= 4 is 11.5 Å². The van der Waals surface area contributed by atoms with E-state index in [2.05, 4.69) is 14.7 Å². The number of nitrogens with one attached hydrogen (secondary N) is 1. The third-order valence-electron chi connectivity index (χ3n) is 1.74. The van der Waals surface area contributed by atoms with Gasteiger partial charge in [0.05, 0.1) is 6.04 Å². The molecule has 0 aromatic carbocycles. The zero-order valence-corrected chi connectivity index (χ0v) is 6.40. The summed E-state index contributed by atoms with van der Waals surface area (Å²) in [5.41, 5.74) is 0. The molecule has 1 unspecified atom stereocenters. The summed E-state index contributed by atoms with van der Waals surface area (Å²) >= 11 is 1.50. The summed E-state index contributed by atoms with van der Waals surface area (Å²) in [5.74, 6) is 0. The summed E-state index contributed by atoms with van der Waals surface area (Å²) in [6, 6.07) is 0.493. The molecule has 0 amide bonds. The fourth-order valence-corrected chi connectivity index (χ4v) is 1.86. The van der Waals surface area contributed by atoms with E-state index < -0.39 is 0 Å². The minimum absolute atomic E-state index is 0.493. The van der Waals surface area contributed by atoms with Gasteiger partial charge in [-0.05, 0) is 30.9 Å². The van der Waals surface area contributed by atoms with Gasteiger partial charge < -0.3 is 5.32 Å². The lowest BCUT2D eigenvalue weighted by molar-refractivity contribution is 0.643. The first-order chi connectivity index (χ1) is 4.97. The van der Waals surface area contributed by atoms with Crippen molar-refractivity contribution in [3.05, 3.63) is 11.3 Å². The average Bonchev–Trinajstić information content (AvgIpc) is 2.59. The van der Waals surface area contributed by atoms with E-state index in [0.29, 0.717) is 6.04 Å². The zero-order chi connectivity index (χ0) is 6.81. The molecule has 1 saturated heterocycles. The summed E-state index contributed by atoms with van der Waals surface area (Å²) < 4.78 is 3.96. The second kappa shape index (κ2) is 2.64. The molecule has 1 aliphatic rings. The Bertz CT molecular complexity index is 191. The Morgan fingerprint density at radius 1 is 1.70 bits per heavy atom. The Morgan fingerprint density at radius 2 is 2.70 bits per heavy atom. The topological polar surface area (TPSA) is 37.8 Å². The normalized spacial score (nSPS) is 25.4. The van der Waals surface area contributed by atoms with Gasteiger partial charge in [0.25, 0.3) is 0 Å². The van der Waals surface area contributed by atoms with Crippen LogP contribution in [0.25, 0.3) is 0 Å². The van der Waals surface area contributed by atoms with Crippen molar-refractivity contribution < 1.29 is 0 Å². The van der Waals surface area contributed by atoms with E-state index in [0.717, 1.165) is 11.6 Å². The monoisotopic (exact) mass is 155 g/mol. The summed E-state index contributed by atoms with van der Waals surface area (Å²) in [6.45, 7) is 1.13. The molecule has 0 spiro atoms. The lowest BCUT2D eigenvalue weighted by atomic mass is 10.2. The van der Waals surface area contributed by atoms with Gasteiger partial charge in [-0.1, -0.05) is 0 Å². The van der Waals surface area contributed by atoms with E-state index in [1.54, 1.807) is 6.33 Å². The molecule has 1 atom stereocenters. The molecule has 2 rings (SSSR count). The van der Waals surface area contributed by atoms with E-state index in [1.807, 2.05) is 0 Å². The van der Waals surface area contributed by atoms with E-state index in [4.69, 9.17) is 0 Å². The Morgan fingerprint density at radius 3 is 3.30 bits per heavy atom. The van der Waals surface area contributed by atoms with Crippen LogP contribution in [0.2, 0.25) is 0 Å². The van der Waals surface area contributed by atoms with Crippen LogP contribution in [-0.4, -0.2) is 15.9 Å². The highest BCUT2D eigenvalue weighted by molar-refractivity contribution is 7.05. The molecule has 0 radical (unpaired) electrons. The fraction of sp³-hybridized carbons (Fsp3) is 0.667. The number of aromatic nitrogens is 2. The van der Waals surface area contributed by atoms with Crippen LogP contribution >= 0.6 is 11.5 Å². The molecule has 0 bridgehead atoms. The van der Waals surface area contributed by atoms with Gasteiger partial charge in [-0.15, -0.1) is 0 Å². The highest BCUT2D eigenvalue weighted by Gasteiger charge is 2.18. The predicted octanol–water partition coefficient (Wildman–Crippen LogP) is 0.963. The molecule has 1 aromatic rings. The molecular formula is C6H9N3S. The quantitative estimate of drug-likeness (QED) is 0.656. The van der Waals surface area contributed by atoms with Gasteiger partial charge in [0.2, 0.25) is 0 Å². The largest absolute Gasteiger partial charge is 0.308 e. The third-order valence-corrected chi connectivity index (χ3v) is 2.51. The summed E-state index contributed by atoms with van der Waals surface area (Å²) in [5, 5.41) is 4.50. The van der Waals surface area contributed by atoms with Gasteiger partial charge in [0, 0.05) is 0 Å². The molecule has 0 aliphatic carbocycles. The van der Waals surface area contributed by atoms with Crippen molar-refractivity contribution in [3.63, 3.8) is 0 Å². The highest BCUT2D eigenvalue weighted by Crippen LogP contribution is 2.22. The number of rotatable bonds is 1. The molecule has 1 aromatic heterocycles. The summed E-state index contributed by atoms with van der Waals surface area (Å²) in [7, 11) is 0. The SMILES string of the molecule is c1nsc(C2CCCN2)n1. The van der Waals surface area contributed by atoms with Crippen molar-refractivity contribution in [2.24, 2.45) is 0 Å². The number of hydrogen-bond donors (Lipinski definition) is 1. The predicted molar refractivity (Wildman–Crippen MR) is 39.9 cm³/mol. The van der Waals surface area contributed by atoms with Crippen molar-refractivity contribution in [3.8, 4) is 0 Å². The van der Waals surface area contributed by atoms with Gasteiger partial charge >= 0.3 is 0 Å². The van der Waals surface area contributed by atoms with Gasteiger partial charge in [0.15, 0.2) is 0 Å². The maximum atomic E-state index is 4.14. The Balaban J connectivity index is 2.12.